The van der Waals surface area contributed by atoms with Gasteiger partial charge in [0.1, 0.15) is 18.2 Å². The quantitative estimate of drug-likeness (QED) is 0.703. The van der Waals surface area contributed by atoms with Crippen molar-refractivity contribution < 1.29 is 14.2 Å². The molecular formula is C20H25N3O3. The lowest BCUT2D eigenvalue weighted by molar-refractivity contribution is 0.297. The van der Waals surface area contributed by atoms with Gasteiger partial charge in [-0.25, -0.2) is 4.98 Å². The van der Waals surface area contributed by atoms with E-state index in [9.17, 15) is 0 Å². The van der Waals surface area contributed by atoms with Gasteiger partial charge in [-0.05, 0) is 31.5 Å². The summed E-state index contributed by atoms with van der Waals surface area (Å²) in [6, 6.07) is 11.6. The molecule has 1 heterocycles. The Bertz CT molecular complexity index is 903. The number of methoxy groups -OCH3 is 2. The predicted octanol–water partition coefficient (Wildman–Crippen LogP) is 3.46. The topological polar surface area (TPSA) is 71.5 Å². The van der Waals surface area contributed by atoms with Crippen molar-refractivity contribution in [3.63, 3.8) is 0 Å². The molecule has 0 radical (unpaired) electrons. The molecule has 2 aromatic carbocycles. The summed E-state index contributed by atoms with van der Waals surface area (Å²) in [6.45, 7) is 5.12. The largest absolute Gasteiger partial charge is 0.493 e. The lowest BCUT2D eigenvalue weighted by Crippen LogP contribution is -2.16. The monoisotopic (exact) mass is 355 g/mol. The number of aromatic nitrogens is 2. The van der Waals surface area contributed by atoms with Gasteiger partial charge in [0.25, 0.3) is 0 Å². The number of hydrogen-bond donors (Lipinski definition) is 1. The second-order valence-corrected chi connectivity index (χ2v) is 6.27. The van der Waals surface area contributed by atoms with Crippen LogP contribution in [0, 0.1) is 6.92 Å². The predicted molar refractivity (Wildman–Crippen MR) is 102 cm³/mol. The van der Waals surface area contributed by atoms with Gasteiger partial charge in [-0.15, -0.1) is 0 Å². The number of rotatable bonds is 7. The van der Waals surface area contributed by atoms with Crippen LogP contribution in [0.25, 0.3) is 11.0 Å². The maximum absolute atomic E-state index is 6.14. The molecule has 0 saturated heterocycles. The van der Waals surface area contributed by atoms with Gasteiger partial charge in [0, 0.05) is 12.1 Å². The van der Waals surface area contributed by atoms with E-state index >= 15 is 0 Å². The molecule has 1 aromatic heterocycles. The van der Waals surface area contributed by atoms with Gasteiger partial charge in [-0.3, -0.25) is 0 Å². The fraction of sp³-hybridized carbons (Fsp3) is 0.350. The van der Waals surface area contributed by atoms with Crippen LogP contribution in [-0.4, -0.2) is 30.4 Å². The smallest absolute Gasteiger partial charge is 0.163 e. The number of imidazole rings is 1. The lowest BCUT2D eigenvalue weighted by atomic mass is 10.2. The molecule has 0 fully saturated rings. The highest BCUT2D eigenvalue weighted by molar-refractivity contribution is 5.80. The van der Waals surface area contributed by atoms with Crippen LogP contribution in [0.5, 0.6) is 17.2 Å². The van der Waals surface area contributed by atoms with E-state index in [0.717, 1.165) is 22.6 Å². The van der Waals surface area contributed by atoms with Crippen LogP contribution in [0.1, 0.15) is 24.4 Å². The molecule has 0 saturated carbocycles. The Hall–Kier alpha value is -2.73. The number of hydrogen-bond acceptors (Lipinski definition) is 5. The van der Waals surface area contributed by atoms with Gasteiger partial charge in [0.05, 0.1) is 37.8 Å². The fourth-order valence-corrected chi connectivity index (χ4v) is 3.01. The van der Waals surface area contributed by atoms with E-state index < -0.39 is 0 Å². The van der Waals surface area contributed by atoms with E-state index in [4.69, 9.17) is 19.9 Å². The SMILES string of the molecule is COc1cc2nc(C(C)N)n(CCOc3cccc(C)c3)c2cc1OC. The zero-order valence-electron chi connectivity index (χ0n) is 15.7. The van der Waals surface area contributed by atoms with Gasteiger partial charge >= 0.3 is 0 Å². The normalized spacial score (nSPS) is 12.2. The average molecular weight is 355 g/mol. The van der Waals surface area contributed by atoms with Crippen LogP contribution in [0.2, 0.25) is 0 Å². The number of nitrogens with two attached hydrogens (primary N) is 1. The minimum absolute atomic E-state index is 0.196. The first-order valence-electron chi connectivity index (χ1n) is 8.60. The summed E-state index contributed by atoms with van der Waals surface area (Å²) in [5.74, 6) is 2.98. The summed E-state index contributed by atoms with van der Waals surface area (Å²) >= 11 is 0. The summed E-state index contributed by atoms with van der Waals surface area (Å²) in [7, 11) is 3.24. The third-order valence-electron chi connectivity index (χ3n) is 4.26. The lowest BCUT2D eigenvalue weighted by Gasteiger charge is -2.13. The number of fused-ring (bicyclic) bond motifs is 1. The van der Waals surface area contributed by atoms with Crippen molar-refractivity contribution in [2.45, 2.75) is 26.4 Å². The van der Waals surface area contributed by atoms with Crippen molar-refractivity contribution in [3.8, 4) is 17.2 Å². The highest BCUT2D eigenvalue weighted by Crippen LogP contribution is 2.33. The Balaban J connectivity index is 1.91. The molecule has 3 aromatic rings. The summed E-state index contributed by atoms with van der Waals surface area (Å²) in [4.78, 5) is 4.68. The standard InChI is InChI=1S/C20H25N3O3/c1-13-6-5-7-15(10-13)26-9-8-23-17-12-19(25-4)18(24-3)11-16(17)22-20(23)14(2)21/h5-7,10-12,14H,8-9,21H2,1-4H3. The average Bonchev–Trinajstić information content (AvgIpc) is 2.98. The molecule has 6 nitrogen and oxygen atoms in total. The first kappa shape index (κ1) is 18.1. The molecular weight excluding hydrogens is 330 g/mol. The second-order valence-electron chi connectivity index (χ2n) is 6.27. The zero-order valence-corrected chi connectivity index (χ0v) is 15.7. The van der Waals surface area contributed by atoms with Crippen molar-refractivity contribution in [1.82, 2.24) is 9.55 Å². The number of aryl methyl sites for hydroxylation is 1. The molecule has 2 N–H and O–H groups in total. The van der Waals surface area contributed by atoms with Crippen molar-refractivity contribution in [2.75, 3.05) is 20.8 Å². The van der Waals surface area contributed by atoms with Crippen molar-refractivity contribution in [3.05, 3.63) is 47.8 Å². The minimum atomic E-state index is -0.196. The van der Waals surface area contributed by atoms with E-state index in [1.165, 1.54) is 5.56 Å². The summed E-state index contributed by atoms with van der Waals surface area (Å²) in [5, 5.41) is 0. The van der Waals surface area contributed by atoms with E-state index in [2.05, 4.69) is 9.55 Å². The van der Waals surface area contributed by atoms with Crippen LogP contribution in [0.3, 0.4) is 0 Å². The number of benzene rings is 2. The molecule has 0 aliphatic carbocycles. The second kappa shape index (κ2) is 7.66. The van der Waals surface area contributed by atoms with Gasteiger partial charge in [-0.2, -0.15) is 0 Å². The minimum Gasteiger partial charge on any atom is -0.493 e. The van der Waals surface area contributed by atoms with Crippen LogP contribution in [0.15, 0.2) is 36.4 Å². The Kier molecular flexibility index (Phi) is 5.32. The Morgan fingerprint density at radius 2 is 1.85 bits per heavy atom. The molecule has 1 unspecified atom stereocenters. The molecule has 6 heteroatoms. The van der Waals surface area contributed by atoms with Gasteiger partial charge in [0.2, 0.25) is 0 Å². The van der Waals surface area contributed by atoms with Gasteiger partial charge < -0.3 is 24.5 Å². The molecule has 0 aliphatic rings. The molecule has 0 amide bonds. The first-order chi connectivity index (χ1) is 12.5. The summed E-state index contributed by atoms with van der Waals surface area (Å²) in [6.07, 6.45) is 0. The van der Waals surface area contributed by atoms with E-state index in [1.54, 1.807) is 14.2 Å². The zero-order chi connectivity index (χ0) is 18.7. The van der Waals surface area contributed by atoms with Crippen LogP contribution >= 0.6 is 0 Å². The Morgan fingerprint density at radius 3 is 2.50 bits per heavy atom. The molecule has 26 heavy (non-hydrogen) atoms. The molecule has 0 bridgehead atoms. The van der Waals surface area contributed by atoms with Crippen LogP contribution in [-0.2, 0) is 6.54 Å². The van der Waals surface area contributed by atoms with Crippen molar-refractivity contribution >= 4 is 11.0 Å². The van der Waals surface area contributed by atoms with Crippen molar-refractivity contribution in [2.24, 2.45) is 5.73 Å². The first-order valence-corrected chi connectivity index (χ1v) is 8.60. The number of nitrogens with zero attached hydrogens (tertiary/aromatic N) is 2. The Labute approximate surface area is 153 Å². The highest BCUT2D eigenvalue weighted by atomic mass is 16.5. The molecule has 1 atom stereocenters. The van der Waals surface area contributed by atoms with Crippen LogP contribution in [0.4, 0.5) is 0 Å². The maximum atomic E-state index is 6.14. The van der Waals surface area contributed by atoms with Gasteiger partial charge in [-0.1, -0.05) is 12.1 Å². The van der Waals surface area contributed by atoms with Gasteiger partial charge in [0.15, 0.2) is 11.5 Å². The molecule has 3 rings (SSSR count). The summed E-state index contributed by atoms with van der Waals surface area (Å²) in [5.41, 5.74) is 9.08. The number of ether oxygens (including phenoxy) is 3. The third-order valence-corrected chi connectivity index (χ3v) is 4.26. The van der Waals surface area contributed by atoms with Crippen molar-refractivity contribution in [1.29, 1.82) is 0 Å². The highest BCUT2D eigenvalue weighted by Gasteiger charge is 2.17. The molecule has 0 aliphatic heterocycles. The van der Waals surface area contributed by atoms with E-state index in [-0.39, 0.29) is 6.04 Å². The Morgan fingerprint density at radius 1 is 1.12 bits per heavy atom. The van der Waals surface area contributed by atoms with E-state index in [0.29, 0.717) is 24.7 Å². The molecule has 138 valence electrons. The van der Waals surface area contributed by atoms with Crippen LogP contribution < -0.4 is 19.9 Å². The molecule has 0 spiro atoms. The maximum Gasteiger partial charge on any atom is 0.163 e. The third kappa shape index (κ3) is 3.60. The van der Waals surface area contributed by atoms with E-state index in [1.807, 2.05) is 50.2 Å². The fourth-order valence-electron chi connectivity index (χ4n) is 3.01. The summed E-state index contributed by atoms with van der Waals surface area (Å²) < 4.78 is 18.8.